The van der Waals surface area contributed by atoms with Crippen molar-refractivity contribution in [3.8, 4) is 22.8 Å². The number of aromatic nitrogens is 3. The van der Waals surface area contributed by atoms with Gasteiger partial charge in [-0.2, -0.15) is 0 Å². The van der Waals surface area contributed by atoms with Gasteiger partial charge in [-0.15, -0.1) is 0 Å². The topological polar surface area (TPSA) is 316 Å². The summed E-state index contributed by atoms with van der Waals surface area (Å²) in [4.78, 5) is 101. The Labute approximate surface area is 340 Å². The highest BCUT2D eigenvalue weighted by Crippen LogP contribution is 2.34. The zero-order valence-electron chi connectivity index (χ0n) is 33.5. The van der Waals surface area contributed by atoms with Gasteiger partial charge < -0.3 is 57.2 Å². The van der Waals surface area contributed by atoms with Crippen LogP contribution in [0.5, 0.6) is 0 Å². The van der Waals surface area contributed by atoms with E-state index in [4.69, 9.17) is 46.9 Å². The fourth-order valence-corrected chi connectivity index (χ4v) is 5.43. The second kappa shape index (κ2) is 21.9. The van der Waals surface area contributed by atoms with Crippen LogP contribution in [0.3, 0.4) is 0 Å². The van der Waals surface area contributed by atoms with Crippen molar-refractivity contribution in [1.29, 1.82) is 0 Å². The third kappa shape index (κ3) is 14.3. The van der Waals surface area contributed by atoms with Gasteiger partial charge >= 0.3 is 47.8 Å². The molecule has 0 aliphatic rings. The Morgan fingerprint density at radius 3 is 1.10 bits per heavy atom. The molecule has 0 aliphatic heterocycles. The van der Waals surface area contributed by atoms with Gasteiger partial charge in [-0.05, 0) is 12.1 Å². The summed E-state index contributed by atoms with van der Waals surface area (Å²) in [5.74, 6) is -7.78. The Balaban J connectivity index is 2.07. The van der Waals surface area contributed by atoms with Crippen molar-refractivity contribution in [2.24, 2.45) is 0 Å². The highest BCUT2D eigenvalue weighted by molar-refractivity contribution is 5.70. The lowest BCUT2D eigenvalue weighted by Crippen LogP contribution is -2.48. The summed E-state index contributed by atoms with van der Waals surface area (Å²) in [6, 6.07) is 6.96. The fraction of sp³-hybridized carbons (Fsp3) is 0.486. The molecule has 2 N–H and O–H groups in total. The minimum atomic E-state index is -1.79. The van der Waals surface area contributed by atoms with Crippen molar-refractivity contribution in [2.75, 3.05) is 13.2 Å². The largest absolute Gasteiger partial charge is 0.463 e. The molecule has 0 amide bonds. The van der Waals surface area contributed by atoms with Gasteiger partial charge in [0, 0.05) is 67.5 Å². The summed E-state index contributed by atoms with van der Waals surface area (Å²) in [5, 5.41) is 29.7. The lowest BCUT2D eigenvalue weighted by Gasteiger charge is -2.33. The Kier molecular flexibility index (Phi) is 17.3. The standard InChI is InChI=1S/C37H43N3O20/c1-16(41)51-14-28(49)32(53-18(3)43)36(57-22(7)47)34(55-20(5)45)30-12-26(39-59-30)24-10-9-11-25(38-24)27-13-31(60-40-27)35(56-21(6)46)37(58-23(8)48)33(54-19(4)44)29(50)15-52-17(2)42/h9-13,28-29,32-37,49-50H,14-15H2,1-8H3/t28-,29-,32-,33-,34+,35+,36+,37+/m1/s1. The van der Waals surface area contributed by atoms with E-state index in [1.807, 2.05) is 0 Å². The van der Waals surface area contributed by atoms with E-state index < -0.39 is 110 Å². The van der Waals surface area contributed by atoms with Crippen molar-refractivity contribution in [1.82, 2.24) is 15.3 Å². The van der Waals surface area contributed by atoms with E-state index >= 15 is 0 Å². The molecule has 23 heteroatoms. The maximum atomic E-state index is 12.3. The van der Waals surface area contributed by atoms with E-state index in [1.165, 1.54) is 30.3 Å². The lowest BCUT2D eigenvalue weighted by atomic mass is 10.00. The average Bonchev–Trinajstić information content (AvgIpc) is 3.85. The van der Waals surface area contributed by atoms with E-state index in [-0.39, 0.29) is 34.3 Å². The first-order valence-electron chi connectivity index (χ1n) is 17.7. The molecule has 23 nitrogen and oxygen atoms in total. The summed E-state index contributed by atoms with van der Waals surface area (Å²) < 4.78 is 52.7. The number of nitrogens with zero attached hydrogens (tertiary/aromatic N) is 3. The molecule has 0 bridgehead atoms. The van der Waals surface area contributed by atoms with Gasteiger partial charge in [0.15, 0.2) is 35.9 Å². The summed E-state index contributed by atoms with van der Waals surface area (Å²) in [5.41, 5.74) is 0.193. The Morgan fingerprint density at radius 1 is 0.483 bits per heavy atom. The van der Waals surface area contributed by atoms with Crippen LogP contribution in [0.2, 0.25) is 0 Å². The average molecular weight is 850 g/mol. The van der Waals surface area contributed by atoms with Gasteiger partial charge in [-0.3, -0.25) is 38.4 Å². The maximum absolute atomic E-state index is 12.3. The molecule has 0 saturated carbocycles. The molecule has 326 valence electrons. The first-order chi connectivity index (χ1) is 28.2. The smallest absolute Gasteiger partial charge is 0.303 e. The van der Waals surface area contributed by atoms with Crippen LogP contribution in [0.25, 0.3) is 22.8 Å². The monoisotopic (exact) mass is 849 g/mol. The summed E-state index contributed by atoms with van der Waals surface area (Å²) in [7, 11) is 0. The van der Waals surface area contributed by atoms with E-state index in [9.17, 15) is 48.6 Å². The SMILES string of the molecule is CC(=O)OC[C@@H](O)[C@@H](OC(C)=O)[C@H](OC(C)=O)[C@@H](OC(C)=O)c1cc(-c2cccc(-c3cc([C@H](OC(C)=O)[C@@H](OC(C)=O)[C@H](OC(C)=O)[C@H](O)COC(C)=O)on3)n2)no1. The normalized spacial score (nSPS) is 15.0. The number of pyridine rings is 1. The molecule has 8 atom stereocenters. The molecule has 0 aromatic carbocycles. The first kappa shape index (κ1) is 47.6. The number of hydrogen-bond donors (Lipinski definition) is 2. The zero-order chi connectivity index (χ0) is 44.8. The molecular formula is C37H43N3O20. The minimum absolute atomic E-state index is 0.00232. The quantitative estimate of drug-likeness (QED) is 0.119. The van der Waals surface area contributed by atoms with Crippen LogP contribution in [0.15, 0.2) is 39.4 Å². The van der Waals surface area contributed by atoms with Crippen LogP contribution in [0.4, 0.5) is 0 Å². The second-order valence-corrected chi connectivity index (χ2v) is 12.7. The number of carbonyl (C=O) groups excluding carboxylic acids is 8. The van der Waals surface area contributed by atoms with Crippen LogP contribution in [0, 0.1) is 0 Å². The zero-order valence-corrected chi connectivity index (χ0v) is 33.5. The fourth-order valence-electron chi connectivity index (χ4n) is 5.43. The molecule has 0 unspecified atom stereocenters. The summed E-state index contributed by atoms with van der Waals surface area (Å²) in [6.07, 6.45) is -14.1. The Morgan fingerprint density at radius 2 is 0.800 bits per heavy atom. The highest BCUT2D eigenvalue weighted by Gasteiger charge is 2.46. The van der Waals surface area contributed by atoms with E-state index in [1.54, 1.807) is 0 Å². The van der Waals surface area contributed by atoms with Crippen LogP contribution in [-0.4, -0.2) is 123 Å². The third-order valence-corrected chi connectivity index (χ3v) is 7.60. The van der Waals surface area contributed by atoms with Gasteiger partial charge in [0.05, 0.1) is 11.4 Å². The number of carbonyl (C=O) groups is 8. The molecule has 0 aliphatic carbocycles. The number of rotatable bonds is 20. The van der Waals surface area contributed by atoms with Crippen molar-refractivity contribution in [3.05, 3.63) is 41.9 Å². The van der Waals surface area contributed by atoms with Crippen molar-refractivity contribution >= 4 is 47.8 Å². The van der Waals surface area contributed by atoms with Crippen LogP contribution in [-0.2, 0) is 76.3 Å². The van der Waals surface area contributed by atoms with E-state index in [2.05, 4.69) is 15.3 Å². The molecule has 0 spiro atoms. The predicted octanol–water partition coefficient (Wildman–Crippen LogP) is 1.17. The Hall–Kier alpha value is -6.75. The van der Waals surface area contributed by atoms with Crippen molar-refractivity contribution in [3.63, 3.8) is 0 Å². The lowest BCUT2D eigenvalue weighted by molar-refractivity contribution is -0.199. The van der Waals surface area contributed by atoms with Gasteiger partial charge in [0.25, 0.3) is 0 Å². The van der Waals surface area contributed by atoms with Crippen LogP contribution >= 0.6 is 0 Å². The van der Waals surface area contributed by atoms with E-state index in [0.29, 0.717) is 0 Å². The molecule has 0 radical (unpaired) electrons. The molecular weight excluding hydrogens is 806 g/mol. The van der Waals surface area contributed by atoms with Gasteiger partial charge in [0.1, 0.15) is 36.8 Å². The number of esters is 8. The first-order valence-corrected chi connectivity index (χ1v) is 17.7. The highest BCUT2D eigenvalue weighted by atomic mass is 16.6. The molecule has 0 fully saturated rings. The number of hydrogen-bond acceptors (Lipinski definition) is 23. The van der Waals surface area contributed by atoms with Crippen LogP contribution in [0.1, 0.15) is 79.1 Å². The van der Waals surface area contributed by atoms with Gasteiger partial charge in [-0.25, -0.2) is 4.98 Å². The molecule has 3 aromatic heterocycles. The predicted molar refractivity (Wildman–Crippen MR) is 192 cm³/mol. The number of aliphatic hydroxyl groups excluding tert-OH is 2. The molecule has 3 rings (SSSR count). The summed E-state index contributed by atoms with van der Waals surface area (Å²) >= 11 is 0. The third-order valence-electron chi connectivity index (χ3n) is 7.60. The van der Waals surface area contributed by atoms with Gasteiger partial charge in [-0.1, -0.05) is 16.4 Å². The maximum Gasteiger partial charge on any atom is 0.303 e. The van der Waals surface area contributed by atoms with E-state index in [0.717, 1.165) is 55.4 Å². The number of aliphatic hydroxyl groups is 2. The molecule has 0 saturated heterocycles. The molecule has 3 aromatic rings. The molecule has 60 heavy (non-hydrogen) atoms. The summed E-state index contributed by atoms with van der Waals surface area (Å²) in [6.45, 7) is 6.72. The second-order valence-electron chi connectivity index (χ2n) is 12.7. The Bertz CT molecular complexity index is 1890. The van der Waals surface area contributed by atoms with Crippen LogP contribution < -0.4 is 0 Å². The minimum Gasteiger partial charge on any atom is -0.463 e. The van der Waals surface area contributed by atoms with Crippen molar-refractivity contribution < 1.29 is 95.5 Å². The van der Waals surface area contributed by atoms with Gasteiger partial charge in [0.2, 0.25) is 12.2 Å². The van der Waals surface area contributed by atoms with Crippen molar-refractivity contribution in [2.45, 2.75) is 104 Å². The molecule has 3 heterocycles. The number of ether oxygens (including phenoxy) is 8.